The van der Waals surface area contributed by atoms with Gasteiger partial charge in [0.05, 0.1) is 11.8 Å². The molecule has 1 aliphatic carbocycles. The first-order valence-electron chi connectivity index (χ1n) is 10.3. The summed E-state index contributed by atoms with van der Waals surface area (Å²) in [4.78, 5) is 12.2. The minimum absolute atomic E-state index is 0.0511. The lowest BCUT2D eigenvalue weighted by Crippen LogP contribution is -2.19. The van der Waals surface area contributed by atoms with Gasteiger partial charge in [0.25, 0.3) is 0 Å². The molecule has 2 aromatic heterocycles. The van der Waals surface area contributed by atoms with E-state index in [1.54, 1.807) is 6.07 Å². The summed E-state index contributed by atoms with van der Waals surface area (Å²) in [5.74, 6) is 0.531. The molecule has 10 heteroatoms. The van der Waals surface area contributed by atoms with E-state index in [0.717, 1.165) is 30.2 Å². The van der Waals surface area contributed by atoms with Crippen molar-refractivity contribution in [1.82, 2.24) is 15.0 Å². The van der Waals surface area contributed by atoms with Crippen molar-refractivity contribution in [1.29, 1.82) is 0 Å². The number of aliphatic hydroxyl groups is 1. The largest absolute Gasteiger partial charge is 0.433 e. The average molecular weight is 444 g/mol. The standard InChI is InChI=1S/C22H23F3N6O/c23-22(24,25)19-7-6-15(21(31-19)27-9-8-26)18-11-20(29-12-28-18)30-17-3-1-2-13-4-5-14(32)10-16(13)17/h1-3,6-7,11-12,14,32H,4-5,8-10,26H2,(H,27,31)(H,28,29,30). The number of nitrogens with zero attached hydrogens (tertiary/aromatic N) is 3. The van der Waals surface area contributed by atoms with E-state index >= 15 is 0 Å². The van der Waals surface area contributed by atoms with Gasteiger partial charge in [-0.05, 0) is 42.2 Å². The number of rotatable bonds is 6. The summed E-state index contributed by atoms with van der Waals surface area (Å²) >= 11 is 0. The molecule has 0 saturated carbocycles. The Balaban J connectivity index is 1.67. The van der Waals surface area contributed by atoms with Crippen LogP contribution in [-0.2, 0) is 19.0 Å². The van der Waals surface area contributed by atoms with Crippen molar-refractivity contribution in [3.8, 4) is 11.3 Å². The van der Waals surface area contributed by atoms with Gasteiger partial charge >= 0.3 is 6.18 Å². The van der Waals surface area contributed by atoms with Crippen molar-refractivity contribution in [3.63, 3.8) is 0 Å². The molecule has 0 fully saturated rings. The summed E-state index contributed by atoms with van der Waals surface area (Å²) in [6.07, 6.45) is -1.53. The van der Waals surface area contributed by atoms with E-state index in [1.807, 2.05) is 18.2 Å². The van der Waals surface area contributed by atoms with Crippen LogP contribution in [0.3, 0.4) is 0 Å². The third-order valence-corrected chi connectivity index (χ3v) is 5.29. The molecule has 3 aromatic rings. The molecule has 168 valence electrons. The van der Waals surface area contributed by atoms with Crippen molar-refractivity contribution in [2.24, 2.45) is 5.73 Å². The third kappa shape index (κ3) is 4.81. The van der Waals surface area contributed by atoms with Crippen LogP contribution in [0.2, 0.25) is 0 Å². The summed E-state index contributed by atoms with van der Waals surface area (Å²) in [5, 5.41) is 16.2. The summed E-state index contributed by atoms with van der Waals surface area (Å²) in [6.45, 7) is 0.495. The van der Waals surface area contributed by atoms with E-state index < -0.39 is 11.9 Å². The van der Waals surface area contributed by atoms with Gasteiger partial charge < -0.3 is 21.5 Å². The first-order valence-corrected chi connectivity index (χ1v) is 10.3. The number of halogens is 3. The normalized spacial score (nSPS) is 15.8. The lowest BCUT2D eigenvalue weighted by molar-refractivity contribution is -0.141. The number of fused-ring (bicyclic) bond motifs is 1. The Hall–Kier alpha value is -3.24. The molecule has 2 heterocycles. The first-order chi connectivity index (χ1) is 15.3. The van der Waals surface area contributed by atoms with Crippen LogP contribution >= 0.6 is 0 Å². The van der Waals surface area contributed by atoms with E-state index in [1.165, 1.54) is 18.0 Å². The third-order valence-electron chi connectivity index (χ3n) is 5.29. The molecular formula is C22H23F3N6O. The fraction of sp³-hybridized carbons (Fsp3) is 0.318. The van der Waals surface area contributed by atoms with Gasteiger partial charge in [-0.15, -0.1) is 0 Å². The van der Waals surface area contributed by atoms with E-state index in [4.69, 9.17) is 5.73 Å². The zero-order valence-electron chi connectivity index (χ0n) is 17.2. The molecule has 0 spiro atoms. The second-order valence-electron chi connectivity index (χ2n) is 7.56. The quantitative estimate of drug-likeness (QED) is 0.461. The fourth-order valence-electron chi connectivity index (χ4n) is 3.75. The van der Waals surface area contributed by atoms with Gasteiger partial charge in [0.2, 0.25) is 0 Å². The Labute approximate surface area is 182 Å². The average Bonchev–Trinajstić information content (AvgIpc) is 2.77. The summed E-state index contributed by atoms with van der Waals surface area (Å²) in [5.41, 5.74) is 8.36. The van der Waals surface area contributed by atoms with Gasteiger partial charge in [0, 0.05) is 36.8 Å². The van der Waals surface area contributed by atoms with Crippen molar-refractivity contribution < 1.29 is 18.3 Å². The Morgan fingerprint density at radius 1 is 1.16 bits per heavy atom. The van der Waals surface area contributed by atoms with Gasteiger partial charge in [-0.1, -0.05) is 12.1 Å². The van der Waals surface area contributed by atoms with Crippen LogP contribution in [-0.4, -0.2) is 39.3 Å². The number of aromatic nitrogens is 3. The Morgan fingerprint density at radius 2 is 2.00 bits per heavy atom. The molecule has 32 heavy (non-hydrogen) atoms. The van der Waals surface area contributed by atoms with Crippen LogP contribution in [0.4, 0.5) is 30.5 Å². The maximum Gasteiger partial charge on any atom is 0.433 e. The molecular weight excluding hydrogens is 421 g/mol. The Bertz CT molecular complexity index is 1110. The molecule has 0 radical (unpaired) electrons. The number of hydrogen-bond acceptors (Lipinski definition) is 7. The minimum Gasteiger partial charge on any atom is -0.393 e. The monoisotopic (exact) mass is 444 g/mol. The van der Waals surface area contributed by atoms with Crippen molar-refractivity contribution in [2.45, 2.75) is 31.5 Å². The number of pyridine rings is 1. The highest BCUT2D eigenvalue weighted by Gasteiger charge is 2.33. The predicted octanol–water partition coefficient (Wildman–Crippen LogP) is 3.52. The van der Waals surface area contributed by atoms with Crippen LogP contribution in [0, 0.1) is 0 Å². The summed E-state index contributed by atoms with van der Waals surface area (Å²) in [6, 6.07) is 9.80. The number of nitrogens with two attached hydrogens (primary N) is 1. The predicted molar refractivity (Wildman–Crippen MR) is 116 cm³/mol. The second-order valence-corrected chi connectivity index (χ2v) is 7.56. The van der Waals surface area contributed by atoms with Gasteiger partial charge in [-0.3, -0.25) is 0 Å². The van der Waals surface area contributed by atoms with Gasteiger partial charge in [-0.2, -0.15) is 13.2 Å². The zero-order valence-corrected chi connectivity index (χ0v) is 17.2. The highest BCUT2D eigenvalue weighted by atomic mass is 19.4. The van der Waals surface area contributed by atoms with E-state index in [2.05, 4.69) is 25.6 Å². The van der Waals surface area contributed by atoms with Crippen LogP contribution in [0.15, 0.2) is 42.7 Å². The molecule has 0 aliphatic heterocycles. The van der Waals surface area contributed by atoms with Gasteiger partial charge in [-0.25, -0.2) is 15.0 Å². The van der Waals surface area contributed by atoms with Crippen molar-refractivity contribution in [3.05, 3.63) is 59.5 Å². The number of hydrogen-bond donors (Lipinski definition) is 4. The van der Waals surface area contributed by atoms with Crippen LogP contribution in [0.1, 0.15) is 23.2 Å². The van der Waals surface area contributed by atoms with Gasteiger partial charge in [0.15, 0.2) is 0 Å². The highest BCUT2D eigenvalue weighted by Crippen LogP contribution is 2.34. The Morgan fingerprint density at radius 3 is 2.78 bits per heavy atom. The molecule has 0 amide bonds. The van der Waals surface area contributed by atoms with E-state index in [0.29, 0.717) is 23.5 Å². The number of nitrogens with one attached hydrogen (secondary N) is 2. The lowest BCUT2D eigenvalue weighted by atomic mass is 9.88. The highest BCUT2D eigenvalue weighted by molar-refractivity contribution is 5.75. The summed E-state index contributed by atoms with van der Waals surface area (Å²) < 4.78 is 39.4. The van der Waals surface area contributed by atoms with Crippen LogP contribution in [0.5, 0.6) is 0 Å². The number of benzene rings is 1. The molecule has 4 rings (SSSR count). The number of anilines is 3. The second kappa shape index (κ2) is 9.09. The molecule has 1 aromatic carbocycles. The first kappa shape index (κ1) is 22.0. The maximum absolute atomic E-state index is 13.1. The molecule has 5 N–H and O–H groups in total. The topological polar surface area (TPSA) is 109 Å². The van der Waals surface area contributed by atoms with E-state index in [9.17, 15) is 18.3 Å². The molecule has 0 bridgehead atoms. The SMILES string of the molecule is NCCNc1nc(C(F)(F)F)ccc1-c1cc(Nc2cccc3c2CC(O)CC3)ncn1. The molecule has 1 unspecified atom stereocenters. The smallest absolute Gasteiger partial charge is 0.393 e. The van der Waals surface area contributed by atoms with Crippen molar-refractivity contribution in [2.75, 3.05) is 23.7 Å². The summed E-state index contributed by atoms with van der Waals surface area (Å²) in [7, 11) is 0. The number of aryl methyl sites for hydroxylation is 1. The minimum atomic E-state index is -4.56. The van der Waals surface area contributed by atoms with Gasteiger partial charge in [0.1, 0.15) is 23.7 Å². The van der Waals surface area contributed by atoms with Crippen LogP contribution < -0.4 is 16.4 Å². The molecule has 7 nitrogen and oxygen atoms in total. The lowest BCUT2D eigenvalue weighted by Gasteiger charge is -2.23. The van der Waals surface area contributed by atoms with Crippen LogP contribution in [0.25, 0.3) is 11.3 Å². The molecule has 1 atom stereocenters. The van der Waals surface area contributed by atoms with E-state index in [-0.39, 0.29) is 25.0 Å². The molecule has 1 aliphatic rings. The fourth-order valence-corrected chi connectivity index (χ4v) is 3.75. The zero-order chi connectivity index (χ0) is 22.7. The number of aliphatic hydroxyl groups excluding tert-OH is 1. The molecule has 0 saturated heterocycles. The maximum atomic E-state index is 13.1. The number of alkyl halides is 3. The Kier molecular flexibility index (Phi) is 6.24. The van der Waals surface area contributed by atoms with Crippen molar-refractivity contribution >= 4 is 17.3 Å².